The van der Waals surface area contributed by atoms with E-state index in [2.05, 4.69) is 5.32 Å². The lowest BCUT2D eigenvalue weighted by Crippen LogP contribution is -2.48. The van der Waals surface area contributed by atoms with Gasteiger partial charge in [0.25, 0.3) is 5.12 Å². The van der Waals surface area contributed by atoms with Gasteiger partial charge in [-0.1, -0.05) is 6.07 Å². The normalized spacial score (nSPS) is 19.8. The summed E-state index contributed by atoms with van der Waals surface area (Å²) in [6, 6.07) is 4.02. The van der Waals surface area contributed by atoms with Crippen LogP contribution >= 0.6 is 0 Å². The van der Waals surface area contributed by atoms with Crippen molar-refractivity contribution in [2.45, 2.75) is 24.3 Å². The molecule has 7 heteroatoms. The molecule has 2 rings (SSSR count). The minimum atomic E-state index is -4.29. The standard InChI is InChI=1S/C11H11NO5S/c1-11(2)10(15)18(16,17)8-6(9(13)14)4-3-5-7(8)12-11/h3-5,12H,1-2H3,(H,13,14). The van der Waals surface area contributed by atoms with Gasteiger partial charge >= 0.3 is 5.97 Å². The largest absolute Gasteiger partial charge is 0.478 e. The van der Waals surface area contributed by atoms with Crippen molar-refractivity contribution in [1.29, 1.82) is 0 Å². The molecular weight excluding hydrogens is 258 g/mol. The molecule has 0 radical (unpaired) electrons. The SMILES string of the molecule is CC1(C)Nc2cccc(C(=O)O)c2S(=O)(=O)C1=O. The predicted octanol–water partition coefficient (Wildman–Crippen LogP) is 0.889. The number of carbonyl (C=O) groups is 2. The van der Waals surface area contributed by atoms with Crippen molar-refractivity contribution >= 4 is 26.6 Å². The highest BCUT2D eigenvalue weighted by atomic mass is 32.2. The molecule has 1 aliphatic rings. The fourth-order valence-corrected chi connectivity index (χ4v) is 3.67. The van der Waals surface area contributed by atoms with Crippen molar-refractivity contribution in [3.05, 3.63) is 23.8 Å². The molecule has 2 N–H and O–H groups in total. The van der Waals surface area contributed by atoms with E-state index in [9.17, 15) is 18.0 Å². The fourth-order valence-electron chi connectivity index (χ4n) is 1.91. The van der Waals surface area contributed by atoms with Crippen molar-refractivity contribution in [1.82, 2.24) is 0 Å². The van der Waals surface area contributed by atoms with E-state index < -0.39 is 36.9 Å². The summed E-state index contributed by atoms with van der Waals surface area (Å²) in [6.07, 6.45) is 0. The van der Waals surface area contributed by atoms with Gasteiger partial charge in [0.2, 0.25) is 9.84 Å². The zero-order valence-electron chi connectivity index (χ0n) is 9.72. The number of hydrogen-bond donors (Lipinski definition) is 2. The Morgan fingerprint density at radius 3 is 2.50 bits per heavy atom. The molecule has 1 aromatic carbocycles. The van der Waals surface area contributed by atoms with Crippen molar-refractivity contribution in [3.63, 3.8) is 0 Å². The van der Waals surface area contributed by atoms with Crippen LogP contribution in [0.2, 0.25) is 0 Å². The molecule has 0 spiro atoms. The highest BCUT2D eigenvalue weighted by Gasteiger charge is 2.46. The van der Waals surface area contributed by atoms with Crippen LogP contribution in [0.25, 0.3) is 0 Å². The van der Waals surface area contributed by atoms with E-state index >= 15 is 0 Å². The topological polar surface area (TPSA) is 101 Å². The number of fused-ring (bicyclic) bond motifs is 1. The number of carbonyl (C=O) groups excluding carboxylic acids is 1. The lowest BCUT2D eigenvalue weighted by atomic mass is 10.1. The highest BCUT2D eigenvalue weighted by molar-refractivity contribution is 8.06. The number of hydrogen-bond acceptors (Lipinski definition) is 5. The van der Waals surface area contributed by atoms with Gasteiger partial charge in [-0.05, 0) is 26.0 Å². The number of aromatic carboxylic acids is 1. The molecule has 0 fully saturated rings. The second kappa shape index (κ2) is 3.55. The van der Waals surface area contributed by atoms with Gasteiger partial charge in [0.15, 0.2) is 0 Å². The predicted molar refractivity (Wildman–Crippen MR) is 63.3 cm³/mol. The lowest BCUT2D eigenvalue weighted by molar-refractivity contribution is -0.114. The number of sulfone groups is 1. The maximum atomic E-state index is 12.1. The number of nitrogens with one attached hydrogen (secondary N) is 1. The van der Waals surface area contributed by atoms with Crippen LogP contribution in [0.3, 0.4) is 0 Å². The average molecular weight is 269 g/mol. The zero-order chi connectivity index (χ0) is 13.7. The van der Waals surface area contributed by atoms with Gasteiger partial charge in [-0.25, -0.2) is 13.2 Å². The Morgan fingerprint density at radius 1 is 1.33 bits per heavy atom. The van der Waals surface area contributed by atoms with Gasteiger partial charge in [0, 0.05) is 0 Å². The van der Waals surface area contributed by atoms with Crippen molar-refractivity contribution in [2.75, 3.05) is 5.32 Å². The number of benzene rings is 1. The number of rotatable bonds is 1. The summed E-state index contributed by atoms with van der Waals surface area (Å²) in [6.45, 7) is 2.87. The van der Waals surface area contributed by atoms with Gasteiger partial charge in [0.05, 0.1) is 11.3 Å². The van der Waals surface area contributed by atoms with E-state index in [1.54, 1.807) is 0 Å². The molecule has 0 aliphatic carbocycles. The summed E-state index contributed by atoms with van der Waals surface area (Å²) in [5.41, 5.74) is -1.54. The molecule has 1 aromatic rings. The third-order valence-corrected chi connectivity index (χ3v) is 4.69. The zero-order valence-corrected chi connectivity index (χ0v) is 10.5. The molecule has 0 atom stereocenters. The maximum absolute atomic E-state index is 12.1. The third-order valence-electron chi connectivity index (χ3n) is 2.72. The first-order chi connectivity index (χ1) is 8.18. The van der Waals surface area contributed by atoms with Crippen LogP contribution in [0, 0.1) is 0 Å². The fraction of sp³-hybridized carbons (Fsp3) is 0.273. The van der Waals surface area contributed by atoms with Gasteiger partial charge in [0.1, 0.15) is 10.4 Å². The van der Waals surface area contributed by atoms with Crippen LogP contribution in [0.1, 0.15) is 24.2 Å². The number of carboxylic acid groups (broad SMARTS) is 1. The molecule has 0 bridgehead atoms. The minimum Gasteiger partial charge on any atom is -0.478 e. The summed E-state index contributed by atoms with van der Waals surface area (Å²) in [5.74, 6) is -1.38. The van der Waals surface area contributed by atoms with Crippen LogP contribution in [0.5, 0.6) is 0 Å². The summed E-state index contributed by atoms with van der Waals surface area (Å²) in [4.78, 5) is 22.4. The molecule has 6 nitrogen and oxygen atoms in total. The molecule has 0 aromatic heterocycles. The smallest absolute Gasteiger partial charge is 0.337 e. The Bertz CT molecular complexity index is 660. The van der Waals surface area contributed by atoms with E-state index in [-0.39, 0.29) is 5.69 Å². The monoisotopic (exact) mass is 269 g/mol. The van der Waals surface area contributed by atoms with Crippen LogP contribution in [-0.4, -0.2) is 30.1 Å². The Morgan fingerprint density at radius 2 is 1.94 bits per heavy atom. The van der Waals surface area contributed by atoms with Crippen LogP contribution in [-0.2, 0) is 14.6 Å². The quantitative estimate of drug-likeness (QED) is 0.785. The van der Waals surface area contributed by atoms with Crippen molar-refractivity contribution < 1.29 is 23.1 Å². The lowest BCUT2D eigenvalue weighted by Gasteiger charge is -2.32. The molecule has 0 saturated heterocycles. The van der Waals surface area contributed by atoms with Crippen molar-refractivity contribution in [3.8, 4) is 0 Å². The molecule has 0 unspecified atom stereocenters. The van der Waals surface area contributed by atoms with Gasteiger partial charge in [-0.15, -0.1) is 0 Å². The second-order valence-corrected chi connectivity index (χ2v) is 6.31. The highest BCUT2D eigenvalue weighted by Crippen LogP contribution is 2.36. The van der Waals surface area contributed by atoms with Crippen LogP contribution < -0.4 is 5.32 Å². The summed E-state index contributed by atoms with van der Waals surface area (Å²) < 4.78 is 24.2. The van der Waals surface area contributed by atoms with Crippen LogP contribution in [0.15, 0.2) is 23.1 Å². The van der Waals surface area contributed by atoms with Gasteiger partial charge in [-0.2, -0.15) is 0 Å². The summed E-state index contributed by atoms with van der Waals surface area (Å²) in [7, 11) is -4.29. The molecule has 0 amide bonds. The molecule has 0 saturated carbocycles. The Kier molecular flexibility index (Phi) is 2.48. The van der Waals surface area contributed by atoms with Crippen molar-refractivity contribution in [2.24, 2.45) is 0 Å². The molecular formula is C11H11NO5S. The third kappa shape index (κ3) is 1.59. The molecule has 1 heterocycles. The molecule has 18 heavy (non-hydrogen) atoms. The Balaban J connectivity index is 2.85. The Hall–Kier alpha value is -1.89. The minimum absolute atomic E-state index is 0.138. The van der Waals surface area contributed by atoms with E-state index in [4.69, 9.17) is 5.11 Å². The van der Waals surface area contributed by atoms with Crippen LogP contribution in [0.4, 0.5) is 5.69 Å². The molecule has 1 aliphatic heterocycles. The Labute approximate surface area is 104 Å². The first kappa shape index (κ1) is 12.6. The van der Waals surface area contributed by atoms with Gasteiger partial charge in [-0.3, -0.25) is 4.79 Å². The summed E-state index contributed by atoms with van der Waals surface area (Å²) >= 11 is 0. The number of carboxylic acids is 1. The van der Waals surface area contributed by atoms with Gasteiger partial charge < -0.3 is 10.4 Å². The maximum Gasteiger partial charge on any atom is 0.337 e. The first-order valence-corrected chi connectivity index (χ1v) is 6.60. The molecule has 96 valence electrons. The van der Waals surface area contributed by atoms with E-state index in [0.29, 0.717) is 0 Å². The van der Waals surface area contributed by atoms with E-state index in [1.165, 1.54) is 26.0 Å². The van der Waals surface area contributed by atoms with E-state index in [1.807, 2.05) is 0 Å². The average Bonchev–Trinajstić information content (AvgIpc) is 2.25. The summed E-state index contributed by atoms with van der Waals surface area (Å²) in [5, 5.41) is 10.7. The number of anilines is 1. The first-order valence-electron chi connectivity index (χ1n) is 5.12. The van der Waals surface area contributed by atoms with E-state index in [0.717, 1.165) is 6.07 Å². The second-order valence-electron chi connectivity index (χ2n) is 4.53.